The Kier molecular flexibility index (Phi) is 4.93. The van der Waals surface area contributed by atoms with Gasteiger partial charge in [-0.2, -0.15) is 0 Å². The fraction of sp³-hybridized carbons (Fsp3) is 0.381. The monoisotopic (exact) mass is 380 g/mol. The smallest absolute Gasteiger partial charge is 0.251 e. The van der Waals surface area contributed by atoms with Crippen molar-refractivity contribution >= 4 is 28.3 Å². The van der Waals surface area contributed by atoms with E-state index in [0.29, 0.717) is 18.2 Å². The topological polar surface area (TPSA) is 58.1 Å². The summed E-state index contributed by atoms with van der Waals surface area (Å²) in [6.07, 6.45) is 1.10. The molecule has 1 N–H and O–H groups in total. The molecule has 5 nitrogen and oxygen atoms in total. The van der Waals surface area contributed by atoms with Crippen LogP contribution in [0.25, 0.3) is 11.0 Å². The molecule has 1 aliphatic rings. The lowest BCUT2D eigenvalue weighted by Gasteiger charge is -2.32. The maximum atomic E-state index is 12.6. The van der Waals surface area contributed by atoms with Gasteiger partial charge in [-0.3, -0.25) is 9.69 Å². The number of aryl methyl sites for hydroxylation is 2. The van der Waals surface area contributed by atoms with Crippen LogP contribution in [0.5, 0.6) is 0 Å². The molecule has 6 heteroatoms. The van der Waals surface area contributed by atoms with Crippen molar-refractivity contribution in [3.8, 4) is 0 Å². The van der Waals surface area contributed by atoms with Crippen LogP contribution < -0.4 is 5.32 Å². The van der Waals surface area contributed by atoms with Crippen LogP contribution in [0.2, 0.25) is 0 Å². The molecule has 3 aromatic rings. The van der Waals surface area contributed by atoms with Crippen molar-refractivity contribution in [3.05, 3.63) is 57.0 Å². The van der Waals surface area contributed by atoms with E-state index in [1.54, 1.807) is 0 Å². The average Bonchev–Trinajstić information content (AvgIpc) is 3.14. The van der Waals surface area contributed by atoms with Gasteiger partial charge in [-0.1, -0.05) is 0 Å². The van der Waals surface area contributed by atoms with E-state index in [4.69, 9.17) is 0 Å². The second kappa shape index (κ2) is 7.37. The van der Waals surface area contributed by atoms with Crippen molar-refractivity contribution < 1.29 is 4.79 Å². The third-order valence-electron chi connectivity index (χ3n) is 5.36. The van der Waals surface area contributed by atoms with Crippen molar-refractivity contribution in [1.29, 1.82) is 0 Å². The van der Waals surface area contributed by atoms with Crippen LogP contribution in [0.3, 0.4) is 0 Å². The van der Waals surface area contributed by atoms with Gasteiger partial charge in [0, 0.05) is 36.1 Å². The highest BCUT2D eigenvalue weighted by atomic mass is 32.1. The molecule has 140 valence electrons. The Morgan fingerprint density at radius 2 is 2.00 bits per heavy atom. The Hall–Kier alpha value is -2.31. The lowest BCUT2D eigenvalue weighted by Crippen LogP contribution is -2.44. The van der Waals surface area contributed by atoms with E-state index in [2.05, 4.69) is 38.6 Å². The number of thiophene rings is 1. The maximum Gasteiger partial charge on any atom is 0.251 e. The molecule has 0 spiro atoms. The Bertz CT molecular complexity index is 997. The molecule has 3 heterocycles. The number of carbonyl (C=O) groups excluding carboxylic acids is 1. The molecular weight excluding hydrogens is 356 g/mol. The van der Waals surface area contributed by atoms with Gasteiger partial charge in [0.05, 0.1) is 22.4 Å². The Labute approximate surface area is 163 Å². The lowest BCUT2D eigenvalue weighted by atomic mass is 10.1. The van der Waals surface area contributed by atoms with Crippen molar-refractivity contribution in [2.45, 2.75) is 39.8 Å². The van der Waals surface area contributed by atoms with Crippen LogP contribution in [-0.4, -0.2) is 39.9 Å². The number of carbonyl (C=O) groups is 1. The molecule has 1 amide bonds. The van der Waals surface area contributed by atoms with Crippen LogP contribution in [0, 0.1) is 13.8 Å². The van der Waals surface area contributed by atoms with Gasteiger partial charge in [-0.15, -0.1) is 11.3 Å². The van der Waals surface area contributed by atoms with E-state index in [1.165, 1.54) is 10.4 Å². The van der Waals surface area contributed by atoms with E-state index in [-0.39, 0.29) is 5.91 Å². The summed E-state index contributed by atoms with van der Waals surface area (Å²) in [5.74, 6) is -0.0583. The van der Waals surface area contributed by atoms with E-state index < -0.39 is 0 Å². The molecule has 2 aromatic heterocycles. The van der Waals surface area contributed by atoms with Crippen LogP contribution in [0.15, 0.2) is 29.6 Å². The normalized spacial score (nSPS) is 15.5. The van der Waals surface area contributed by atoms with E-state index in [1.807, 2.05) is 43.4 Å². The second-order valence-corrected chi connectivity index (χ2v) is 8.25. The predicted octanol–water partition coefficient (Wildman–Crippen LogP) is 3.48. The third kappa shape index (κ3) is 3.73. The number of benzene rings is 1. The summed E-state index contributed by atoms with van der Waals surface area (Å²) in [5, 5.41) is 5.25. The van der Waals surface area contributed by atoms with Crippen LogP contribution in [-0.2, 0) is 13.0 Å². The minimum absolute atomic E-state index is 0.0583. The molecule has 0 fully saturated rings. The molecule has 1 aromatic carbocycles. The summed E-state index contributed by atoms with van der Waals surface area (Å²) in [7, 11) is 0. The molecular formula is C21H24N4OS. The maximum absolute atomic E-state index is 12.6. The molecule has 0 radical (unpaired) electrons. The quantitative estimate of drug-likeness (QED) is 0.753. The Morgan fingerprint density at radius 1 is 1.22 bits per heavy atom. The average molecular weight is 381 g/mol. The van der Waals surface area contributed by atoms with Gasteiger partial charge in [-0.05, 0) is 62.4 Å². The first-order valence-electron chi connectivity index (χ1n) is 9.34. The zero-order valence-electron chi connectivity index (χ0n) is 16.0. The van der Waals surface area contributed by atoms with Crippen LogP contribution in [0.1, 0.15) is 39.1 Å². The van der Waals surface area contributed by atoms with E-state index in [0.717, 1.165) is 41.9 Å². The number of amides is 1. The van der Waals surface area contributed by atoms with Crippen molar-refractivity contribution in [2.24, 2.45) is 0 Å². The zero-order valence-corrected chi connectivity index (χ0v) is 16.8. The molecule has 0 unspecified atom stereocenters. The highest BCUT2D eigenvalue weighted by molar-refractivity contribution is 7.10. The molecule has 4 rings (SSSR count). The van der Waals surface area contributed by atoms with Crippen molar-refractivity contribution in [3.63, 3.8) is 0 Å². The van der Waals surface area contributed by atoms with Gasteiger partial charge in [0.25, 0.3) is 5.91 Å². The van der Waals surface area contributed by atoms with E-state index >= 15 is 0 Å². The molecule has 1 aliphatic heterocycles. The van der Waals surface area contributed by atoms with E-state index in [9.17, 15) is 4.79 Å². The zero-order chi connectivity index (χ0) is 19.0. The lowest BCUT2D eigenvalue weighted by molar-refractivity contribution is 0.0933. The summed E-state index contributed by atoms with van der Waals surface area (Å²) in [6, 6.07) is 8.04. The number of fused-ring (bicyclic) bond motifs is 2. The SMILES string of the molecule is Cc1nc2ccc(C(=O)NC[C@H](C)N3CCc4sccc4C3)cc2nc1C. The van der Waals surface area contributed by atoms with Gasteiger partial charge in [0.1, 0.15) is 0 Å². The summed E-state index contributed by atoms with van der Waals surface area (Å²) >= 11 is 1.85. The summed E-state index contributed by atoms with van der Waals surface area (Å²) < 4.78 is 0. The fourth-order valence-electron chi connectivity index (χ4n) is 3.49. The van der Waals surface area contributed by atoms with Crippen LogP contribution >= 0.6 is 11.3 Å². The molecule has 0 saturated carbocycles. The third-order valence-corrected chi connectivity index (χ3v) is 6.38. The summed E-state index contributed by atoms with van der Waals surface area (Å²) in [6.45, 7) is 8.72. The predicted molar refractivity (Wildman–Crippen MR) is 109 cm³/mol. The number of rotatable bonds is 4. The van der Waals surface area contributed by atoms with Crippen molar-refractivity contribution in [2.75, 3.05) is 13.1 Å². The van der Waals surface area contributed by atoms with Gasteiger partial charge in [0.15, 0.2) is 0 Å². The highest BCUT2D eigenvalue weighted by Crippen LogP contribution is 2.25. The molecule has 0 saturated heterocycles. The first-order chi connectivity index (χ1) is 13.0. The van der Waals surface area contributed by atoms with Gasteiger partial charge >= 0.3 is 0 Å². The first-order valence-corrected chi connectivity index (χ1v) is 10.2. The summed E-state index contributed by atoms with van der Waals surface area (Å²) in [4.78, 5) is 25.6. The minimum atomic E-state index is -0.0583. The number of hydrogen-bond donors (Lipinski definition) is 1. The first kappa shape index (κ1) is 18.1. The second-order valence-electron chi connectivity index (χ2n) is 7.25. The molecule has 0 aliphatic carbocycles. The Morgan fingerprint density at radius 3 is 2.81 bits per heavy atom. The fourth-order valence-corrected chi connectivity index (χ4v) is 4.38. The molecule has 0 bridgehead atoms. The van der Waals surface area contributed by atoms with Crippen molar-refractivity contribution in [1.82, 2.24) is 20.2 Å². The number of aromatic nitrogens is 2. The van der Waals surface area contributed by atoms with Gasteiger partial charge < -0.3 is 5.32 Å². The number of hydrogen-bond acceptors (Lipinski definition) is 5. The number of nitrogens with zero attached hydrogens (tertiary/aromatic N) is 3. The minimum Gasteiger partial charge on any atom is -0.350 e. The summed E-state index contributed by atoms with van der Waals surface area (Å²) in [5.41, 5.74) is 5.47. The molecule has 27 heavy (non-hydrogen) atoms. The highest BCUT2D eigenvalue weighted by Gasteiger charge is 2.22. The molecule has 1 atom stereocenters. The van der Waals surface area contributed by atoms with Gasteiger partial charge in [0.2, 0.25) is 0 Å². The Balaban J connectivity index is 1.40. The van der Waals surface area contributed by atoms with Crippen LogP contribution in [0.4, 0.5) is 0 Å². The van der Waals surface area contributed by atoms with Gasteiger partial charge in [-0.25, -0.2) is 9.97 Å². The number of nitrogens with one attached hydrogen (secondary N) is 1. The standard InChI is InChI=1S/C21H24N4OS/c1-13(25-8-6-20-17(12-25)7-9-27-20)11-22-21(26)16-4-5-18-19(10-16)24-15(3)14(2)23-18/h4-5,7,9-10,13H,6,8,11-12H2,1-3H3,(H,22,26)/t13-/m0/s1. The largest absolute Gasteiger partial charge is 0.350 e.